The summed E-state index contributed by atoms with van der Waals surface area (Å²) in [5.41, 5.74) is 12.9. The average Bonchev–Trinajstić information content (AvgIpc) is 3.66. The number of amidine groups is 1. The number of hydrogen-bond acceptors (Lipinski definition) is 2. The molecule has 1 atom stereocenters. The van der Waals surface area contributed by atoms with Crippen molar-refractivity contribution in [1.29, 1.82) is 0 Å². The molecule has 3 heterocycles. The van der Waals surface area contributed by atoms with Gasteiger partial charge in [-0.05, 0) is 72.5 Å². The highest BCUT2D eigenvalue weighted by atomic mass is 16.3. The van der Waals surface area contributed by atoms with Crippen LogP contribution in [0, 0.1) is 0 Å². The van der Waals surface area contributed by atoms with E-state index in [4.69, 9.17) is 4.42 Å². The molecule has 0 saturated carbocycles. The van der Waals surface area contributed by atoms with Crippen molar-refractivity contribution in [2.75, 3.05) is 0 Å². The number of allylic oxidation sites excluding steroid dienone is 1. The van der Waals surface area contributed by atoms with Crippen LogP contribution < -0.4 is 5.32 Å². The number of rotatable bonds is 5. The normalized spacial score (nSPS) is 15.5. The van der Waals surface area contributed by atoms with Gasteiger partial charge in [0.05, 0.1) is 11.1 Å². The van der Waals surface area contributed by atoms with Crippen LogP contribution in [0.3, 0.4) is 0 Å². The van der Waals surface area contributed by atoms with Crippen LogP contribution in [0.2, 0.25) is 0 Å². The quantitative estimate of drug-likeness (QED) is 0.195. The fourth-order valence-electron chi connectivity index (χ4n) is 7.64. The predicted octanol–water partition coefficient (Wildman–Crippen LogP) is 10.5. The number of nitrogens with one attached hydrogen (secondary N) is 1. The van der Waals surface area contributed by atoms with Gasteiger partial charge in [-0.3, -0.25) is 0 Å². The maximum Gasteiger partial charge on any atom is 0.289 e. The Hall–Kier alpha value is -6.13. The molecule has 0 fully saturated rings. The van der Waals surface area contributed by atoms with Crippen molar-refractivity contribution in [3.63, 3.8) is 0 Å². The Morgan fingerprint density at radius 3 is 2.15 bits per heavy atom. The molecule has 2 aromatic heterocycles. The first-order valence-electron chi connectivity index (χ1n) is 16.7. The van der Waals surface area contributed by atoms with Gasteiger partial charge >= 0.3 is 0 Å². The summed E-state index contributed by atoms with van der Waals surface area (Å²) >= 11 is 0. The Balaban J connectivity index is 1.09. The molecular formula is C44H32N3O+. The monoisotopic (exact) mass is 618 g/mol. The van der Waals surface area contributed by atoms with Gasteiger partial charge in [0.15, 0.2) is 0 Å². The molecule has 1 aliphatic carbocycles. The number of fused-ring (bicyclic) bond motifs is 6. The second kappa shape index (κ2) is 10.7. The summed E-state index contributed by atoms with van der Waals surface area (Å²) in [7, 11) is 0. The zero-order valence-electron chi connectivity index (χ0n) is 26.3. The van der Waals surface area contributed by atoms with Crippen LogP contribution in [0.1, 0.15) is 35.0 Å². The molecule has 1 unspecified atom stereocenters. The fourth-order valence-corrected chi connectivity index (χ4v) is 7.64. The molecule has 6 aromatic carbocycles. The average molecular weight is 619 g/mol. The molecule has 8 aromatic rings. The molecule has 1 N–H and O–H groups in total. The lowest BCUT2D eigenvalue weighted by Crippen LogP contribution is -2.51. The van der Waals surface area contributed by atoms with Crippen LogP contribution in [-0.4, -0.2) is 15.0 Å². The summed E-state index contributed by atoms with van der Waals surface area (Å²) in [5, 5.41) is 7.38. The van der Waals surface area contributed by atoms with E-state index in [2.05, 4.69) is 166 Å². The lowest BCUT2D eigenvalue weighted by Gasteiger charge is -2.29. The molecule has 0 radical (unpaired) electrons. The highest BCUT2D eigenvalue weighted by Gasteiger charge is 2.40. The molecule has 4 heteroatoms. The van der Waals surface area contributed by atoms with E-state index in [1.807, 2.05) is 6.07 Å². The number of benzene rings is 6. The van der Waals surface area contributed by atoms with E-state index >= 15 is 0 Å². The molecule has 0 saturated heterocycles. The molecular weight excluding hydrogens is 587 g/mol. The Labute approximate surface area is 278 Å². The first-order valence-corrected chi connectivity index (χ1v) is 16.7. The van der Waals surface area contributed by atoms with Gasteiger partial charge in [-0.25, -0.2) is 5.32 Å². The first kappa shape index (κ1) is 27.0. The third-order valence-electron chi connectivity index (χ3n) is 9.98. The van der Waals surface area contributed by atoms with Crippen LogP contribution >= 0.6 is 0 Å². The van der Waals surface area contributed by atoms with Crippen LogP contribution in [0.15, 0.2) is 156 Å². The van der Waals surface area contributed by atoms with Gasteiger partial charge in [0.1, 0.15) is 16.9 Å². The standard InChI is InChI=1S/C44H31N3O/c1-3-11-29(12-4-1)30-19-21-32(22-20-30)44-45-43(31-13-5-2-6-14-31)47(44)34-25-23-33(24-26-34)46-39-17-9-7-15-35(39)37-27-38-36-16-8-10-18-41(36)48-42(38)28-40(37)46/h1-8,10-16,18-28,43H,9,17H2/p+1. The van der Waals surface area contributed by atoms with Gasteiger partial charge in [0.2, 0.25) is 0 Å². The van der Waals surface area contributed by atoms with Gasteiger partial charge in [0.25, 0.3) is 12.0 Å². The van der Waals surface area contributed by atoms with Crippen molar-refractivity contribution in [2.45, 2.75) is 19.0 Å². The number of furan rings is 1. The summed E-state index contributed by atoms with van der Waals surface area (Å²) < 4.78 is 11.2. The molecule has 0 bridgehead atoms. The molecule has 1 aliphatic heterocycles. The number of para-hydroxylation sites is 1. The third kappa shape index (κ3) is 4.19. The predicted molar refractivity (Wildman–Crippen MR) is 196 cm³/mol. The summed E-state index contributed by atoms with van der Waals surface area (Å²) in [6, 6.07) is 52.1. The van der Waals surface area contributed by atoms with E-state index in [9.17, 15) is 0 Å². The summed E-state index contributed by atoms with van der Waals surface area (Å²) in [6.45, 7) is 0. The SMILES string of the molecule is C1=Cc2c(n(-c3ccc([N+]4=C(c5ccc(-c6ccccc6)cc5)NC4c4ccccc4)cc3)c3cc4oc5ccccc5c4cc23)CC1. The van der Waals surface area contributed by atoms with Gasteiger partial charge in [-0.2, -0.15) is 4.58 Å². The molecule has 48 heavy (non-hydrogen) atoms. The third-order valence-corrected chi connectivity index (χ3v) is 9.98. The molecule has 0 spiro atoms. The molecule has 2 aliphatic rings. The highest BCUT2D eigenvalue weighted by molar-refractivity contribution is 6.11. The molecule has 10 rings (SSSR count). The Morgan fingerprint density at radius 1 is 0.625 bits per heavy atom. The zero-order chi connectivity index (χ0) is 31.6. The van der Waals surface area contributed by atoms with Crippen molar-refractivity contribution < 1.29 is 8.99 Å². The fraction of sp³-hybridized carbons (Fsp3) is 0.0682. The van der Waals surface area contributed by atoms with E-state index in [0.29, 0.717) is 0 Å². The number of hydrogen-bond donors (Lipinski definition) is 1. The Morgan fingerprint density at radius 2 is 1.33 bits per heavy atom. The van der Waals surface area contributed by atoms with Gasteiger partial charge in [0, 0.05) is 44.7 Å². The smallest absolute Gasteiger partial charge is 0.289 e. The van der Waals surface area contributed by atoms with Crippen LogP contribution in [0.25, 0.3) is 55.7 Å². The Kier molecular flexibility index (Phi) is 6.03. The van der Waals surface area contributed by atoms with Crippen LogP contribution in [0.4, 0.5) is 5.69 Å². The minimum absolute atomic E-state index is 0.0486. The Bertz CT molecular complexity index is 2550. The summed E-state index contributed by atoms with van der Waals surface area (Å²) in [6.07, 6.45) is 6.71. The van der Waals surface area contributed by atoms with E-state index in [1.54, 1.807) is 0 Å². The lowest BCUT2D eigenvalue weighted by atomic mass is 10.0. The van der Waals surface area contributed by atoms with Crippen molar-refractivity contribution in [1.82, 2.24) is 9.88 Å². The largest absolute Gasteiger partial charge is 0.456 e. The van der Waals surface area contributed by atoms with Crippen molar-refractivity contribution in [2.24, 2.45) is 0 Å². The van der Waals surface area contributed by atoms with Gasteiger partial charge in [-0.1, -0.05) is 103 Å². The molecule has 4 nitrogen and oxygen atoms in total. The summed E-state index contributed by atoms with van der Waals surface area (Å²) in [4.78, 5) is 0. The van der Waals surface area contributed by atoms with E-state index in [0.717, 1.165) is 52.2 Å². The topological polar surface area (TPSA) is 33.1 Å². The number of aromatic nitrogens is 1. The maximum atomic E-state index is 6.35. The first-order chi connectivity index (χ1) is 23.8. The van der Waals surface area contributed by atoms with Crippen molar-refractivity contribution in [3.8, 4) is 16.8 Å². The number of nitrogens with zero attached hydrogens (tertiary/aromatic N) is 2. The zero-order valence-corrected chi connectivity index (χ0v) is 26.3. The lowest BCUT2D eigenvalue weighted by molar-refractivity contribution is -0.531. The molecule has 0 amide bonds. The van der Waals surface area contributed by atoms with Gasteiger partial charge < -0.3 is 8.98 Å². The van der Waals surface area contributed by atoms with E-state index in [1.165, 1.54) is 44.2 Å². The maximum absolute atomic E-state index is 6.35. The van der Waals surface area contributed by atoms with E-state index < -0.39 is 0 Å². The summed E-state index contributed by atoms with van der Waals surface area (Å²) in [5.74, 6) is 1.11. The highest BCUT2D eigenvalue weighted by Crippen LogP contribution is 2.40. The van der Waals surface area contributed by atoms with Crippen molar-refractivity contribution >= 4 is 50.4 Å². The minimum atomic E-state index is 0.0486. The van der Waals surface area contributed by atoms with E-state index in [-0.39, 0.29) is 6.17 Å². The molecule has 228 valence electrons. The van der Waals surface area contributed by atoms with Crippen LogP contribution in [0.5, 0.6) is 0 Å². The van der Waals surface area contributed by atoms with Crippen LogP contribution in [-0.2, 0) is 6.42 Å². The second-order valence-corrected chi connectivity index (χ2v) is 12.7. The minimum Gasteiger partial charge on any atom is -0.456 e. The second-order valence-electron chi connectivity index (χ2n) is 12.7. The van der Waals surface area contributed by atoms with Crippen molar-refractivity contribution in [3.05, 3.63) is 174 Å². The van der Waals surface area contributed by atoms with Gasteiger partial charge in [-0.15, -0.1) is 0 Å².